The summed E-state index contributed by atoms with van der Waals surface area (Å²) in [6.07, 6.45) is -8.50. The molecule has 18 heteroatoms. The third-order valence-electron chi connectivity index (χ3n) is 10.5. The summed E-state index contributed by atoms with van der Waals surface area (Å²) in [5, 5.41) is 9.27. The normalized spacial score (nSPS) is 26.5. The van der Waals surface area contributed by atoms with Gasteiger partial charge in [0.2, 0.25) is 0 Å². The van der Waals surface area contributed by atoms with Crippen LogP contribution in [0.2, 0.25) is 0 Å². The molecule has 0 aromatic carbocycles. The SMILES string of the molecule is CCC(C)(C)C(=O)OC(C)(C)C(O)(C(F)(F)F)C(F)(F)F.CCC(C)(C)C(=O)OC12CC3CC(C1)CC(C(=O)CS(=O)(=O)C(F)(F)F)(C3)C2. The van der Waals surface area contributed by atoms with Gasteiger partial charge >= 0.3 is 29.8 Å². The average Bonchev–Trinajstić information content (AvgIpc) is 2.89. The fourth-order valence-corrected chi connectivity index (χ4v) is 7.76. The fraction of sp³-hybridized carbons (Fsp3) is 0.903. The number of hydrogen-bond donors (Lipinski definition) is 1. The quantitative estimate of drug-likeness (QED) is 0.181. The summed E-state index contributed by atoms with van der Waals surface area (Å²) in [5.41, 5.74) is -17.8. The van der Waals surface area contributed by atoms with E-state index >= 15 is 0 Å². The third kappa shape index (κ3) is 8.35. The largest absolute Gasteiger partial charge is 0.497 e. The molecule has 0 aliphatic heterocycles. The first-order chi connectivity index (χ1) is 21.6. The molecule has 0 heterocycles. The zero-order valence-electron chi connectivity index (χ0n) is 28.6. The number of aliphatic hydroxyl groups is 1. The summed E-state index contributed by atoms with van der Waals surface area (Å²) < 4.78 is 148. The van der Waals surface area contributed by atoms with Crippen molar-refractivity contribution in [3.8, 4) is 0 Å². The van der Waals surface area contributed by atoms with Gasteiger partial charge < -0.3 is 14.6 Å². The molecule has 0 spiro atoms. The van der Waals surface area contributed by atoms with Crippen molar-refractivity contribution in [2.75, 3.05) is 5.75 Å². The molecule has 4 aliphatic carbocycles. The van der Waals surface area contributed by atoms with Gasteiger partial charge in [-0.3, -0.25) is 14.4 Å². The predicted molar refractivity (Wildman–Crippen MR) is 156 cm³/mol. The van der Waals surface area contributed by atoms with Gasteiger partial charge in [-0.25, -0.2) is 8.42 Å². The van der Waals surface area contributed by atoms with E-state index in [0.29, 0.717) is 46.0 Å². The van der Waals surface area contributed by atoms with E-state index in [1.807, 2.05) is 6.92 Å². The lowest BCUT2D eigenvalue weighted by Gasteiger charge is -2.60. The third-order valence-corrected chi connectivity index (χ3v) is 11.8. The molecule has 286 valence electrons. The number of Topliss-reactive ketones (excluding diaryl/α,β-unsaturated/α-hetero) is 1. The number of carbonyl (C=O) groups is 3. The second-order valence-electron chi connectivity index (χ2n) is 15.5. The zero-order valence-corrected chi connectivity index (χ0v) is 29.5. The second kappa shape index (κ2) is 13.1. The van der Waals surface area contributed by atoms with E-state index in [1.54, 1.807) is 13.8 Å². The molecule has 4 saturated carbocycles. The molecule has 4 fully saturated rings. The maximum Gasteiger partial charge on any atom is 0.497 e. The Balaban J connectivity index is 0.000000357. The minimum atomic E-state index is -6.06. The van der Waals surface area contributed by atoms with E-state index in [4.69, 9.17) is 4.74 Å². The zero-order chi connectivity index (χ0) is 38.7. The van der Waals surface area contributed by atoms with Gasteiger partial charge in [-0.05, 0) is 105 Å². The van der Waals surface area contributed by atoms with Crippen LogP contribution in [-0.2, 0) is 33.7 Å². The molecule has 2 atom stereocenters. The summed E-state index contributed by atoms with van der Waals surface area (Å²) in [6.45, 7) is 10.3. The topological polar surface area (TPSA) is 124 Å². The Morgan fingerprint density at radius 1 is 0.735 bits per heavy atom. The minimum Gasteiger partial charge on any atom is -0.459 e. The van der Waals surface area contributed by atoms with Gasteiger partial charge in [-0.15, -0.1) is 0 Å². The maximum atomic E-state index is 12.8. The fourth-order valence-electron chi connectivity index (χ4n) is 6.94. The van der Waals surface area contributed by atoms with Gasteiger partial charge in [0.05, 0.1) is 10.8 Å². The standard InChI is InChI=1S/C19H27F3O5S.C12H18F6O3/c1-4-16(2,3)15(24)27-18-8-12-5-13(9-18)7-17(6-12,11-18)14(23)10-28(25,26)19(20,21)22;1-6-8(2,3)7(19)21-9(4,5)10(20,11(13,14)15)12(16,17)18/h12-13H,4-11H2,1-3H3;20H,6H2,1-5H3. The number of halogens is 9. The molecule has 0 saturated heterocycles. The Morgan fingerprint density at radius 3 is 1.51 bits per heavy atom. The van der Waals surface area contributed by atoms with E-state index in [2.05, 4.69) is 4.74 Å². The summed E-state index contributed by atoms with van der Waals surface area (Å²) in [4.78, 5) is 37.2. The highest BCUT2D eigenvalue weighted by atomic mass is 32.2. The second-order valence-corrected chi connectivity index (χ2v) is 17.5. The predicted octanol–water partition coefficient (Wildman–Crippen LogP) is 7.41. The molecule has 2 unspecified atom stereocenters. The molecule has 4 bridgehead atoms. The van der Waals surface area contributed by atoms with E-state index in [-0.39, 0.29) is 30.6 Å². The van der Waals surface area contributed by atoms with Gasteiger partial charge in [0.25, 0.3) is 15.4 Å². The number of rotatable bonds is 10. The molecule has 0 radical (unpaired) electrons. The Bertz CT molecular complexity index is 1350. The van der Waals surface area contributed by atoms with Crippen LogP contribution in [-0.4, -0.2) is 71.7 Å². The van der Waals surface area contributed by atoms with E-state index in [9.17, 15) is 67.4 Å². The van der Waals surface area contributed by atoms with Crippen molar-refractivity contribution in [3.05, 3.63) is 0 Å². The molecule has 8 nitrogen and oxygen atoms in total. The lowest BCUT2D eigenvalue weighted by Crippen LogP contribution is -2.70. The van der Waals surface area contributed by atoms with Crippen LogP contribution in [0.15, 0.2) is 0 Å². The molecule has 4 rings (SSSR count). The van der Waals surface area contributed by atoms with Gasteiger partial charge in [-0.2, -0.15) is 39.5 Å². The van der Waals surface area contributed by atoms with Gasteiger partial charge in [0, 0.05) is 5.41 Å². The number of esters is 2. The highest BCUT2D eigenvalue weighted by Crippen LogP contribution is 2.63. The van der Waals surface area contributed by atoms with E-state index < -0.39 is 78.3 Å². The molecule has 4 aliphatic rings. The van der Waals surface area contributed by atoms with Crippen molar-refractivity contribution >= 4 is 27.6 Å². The Kier molecular flexibility index (Phi) is 11.5. The number of alkyl halides is 9. The van der Waals surface area contributed by atoms with Crippen LogP contribution in [0, 0.1) is 28.1 Å². The van der Waals surface area contributed by atoms with Gasteiger partial charge in [-0.1, -0.05) is 13.8 Å². The molecule has 0 aromatic rings. The van der Waals surface area contributed by atoms with E-state index in [0.717, 1.165) is 6.42 Å². The lowest BCUT2D eigenvalue weighted by atomic mass is 9.47. The van der Waals surface area contributed by atoms with E-state index in [1.165, 1.54) is 20.8 Å². The monoisotopic (exact) mass is 748 g/mol. The number of hydrogen-bond acceptors (Lipinski definition) is 8. The van der Waals surface area contributed by atoms with Crippen LogP contribution in [0.1, 0.15) is 107 Å². The first-order valence-electron chi connectivity index (χ1n) is 15.7. The van der Waals surface area contributed by atoms with Gasteiger partial charge in [0.15, 0.2) is 11.4 Å². The van der Waals surface area contributed by atoms with Crippen molar-refractivity contribution in [1.82, 2.24) is 0 Å². The molecule has 1 N–H and O–H groups in total. The first kappa shape index (κ1) is 43.1. The van der Waals surface area contributed by atoms with Crippen LogP contribution in [0.3, 0.4) is 0 Å². The van der Waals surface area contributed by atoms with Crippen molar-refractivity contribution in [2.45, 2.75) is 141 Å². The number of ketones is 1. The van der Waals surface area contributed by atoms with Crippen molar-refractivity contribution in [2.24, 2.45) is 28.1 Å². The average molecular weight is 749 g/mol. The summed E-state index contributed by atoms with van der Waals surface area (Å²) in [5.74, 6) is -3.91. The molecule has 0 amide bonds. The van der Waals surface area contributed by atoms with Crippen LogP contribution >= 0.6 is 0 Å². The van der Waals surface area contributed by atoms with Crippen molar-refractivity contribution in [1.29, 1.82) is 0 Å². The Morgan fingerprint density at radius 2 is 1.14 bits per heavy atom. The van der Waals surface area contributed by atoms with Crippen LogP contribution in [0.5, 0.6) is 0 Å². The smallest absolute Gasteiger partial charge is 0.459 e. The van der Waals surface area contributed by atoms with Crippen LogP contribution in [0.25, 0.3) is 0 Å². The lowest BCUT2D eigenvalue weighted by molar-refractivity contribution is -0.408. The number of sulfone groups is 1. The molecule has 0 aromatic heterocycles. The summed E-state index contributed by atoms with van der Waals surface area (Å²) >= 11 is 0. The van der Waals surface area contributed by atoms with Crippen molar-refractivity contribution < 1.29 is 76.9 Å². The minimum absolute atomic E-state index is 0.0660. The Labute approximate surface area is 279 Å². The highest BCUT2D eigenvalue weighted by Gasteiger charge is 2.79. The van der Waals surface area contributed by atoms with Crippen molar-refractivity contribution in [3.63, 3.8) is 0 Å². The van der Waals surface area contributed by atoms with Gasteiger partial charge in [0.1, 0.15) is 11.4 Å². The summed E-state index contributed by atoms with van der Waals surface area (Å²) in [7, 11) is -5.52. The first-order valence-corrected chi connectivity index (χ1v) is 17.4. The molecule has 49 heavy (non-hydrogen) atoms. The Hall–Kier alpha value is -2.11. The molecular formula is C31H45F9O8S. The maximum absolute atomic E-state index is 12.8. The highest BCUT2D eigenvalue weighted by molar-refractivity contribution is 7.92. The molecular weight excluding hydrogens is 703 g/mol. The van der Waals surface area contributed by atoms with Crippen LogP contribution in [0.4, 0.5) is 39.5 Å². The number of carbonyl (C=O) groups excluding carboxylic acids is 3. The summed E-state index contributed by atoms with van der Waals surface area (Å²) in [6, 6.07) is 0. The van der Waals surface area contributed by atoms with Crippen LogP contribution < -0.4 is 0 Å². The number of ether oxygens (including phenoxy) is 2.